The number of hydrogen-bond acceptors (Lipinski definition) is 3. The SMILES string of the molecule is CNS(=O)(=O)c1cccc(NC(C)CC(C)C)c1. The third-order valence-corrected chi connectivity index (χ3v) is 4.06. The molecular weight excluding hydrogens is 248 g/mol. The van der Waals surface area contributed by atoms with Crippen molar-refractivity contribution in [2.45, 2.75) is 38.1 Å². The minimum atomic E-state index is -3.37. The molecule has 1 atom stereocenters. The zero-order chi connectivity index (χ0) is 13.8. The molecule has 5 heteroatoms. The van der Waals surface area contributed by atoms with Gasteiger partial charge in [0.05, 0.1) is 4.90 Å². The van der Waals surface area contributed by atoms with Crippen LogP contribution in [0.3, 0.4) is 0 Å². The van der Waals surface area contributed by atoms with Crippen LogP contribution < -0.4 is 10.0 Å². The lowest BCUT2D eigenvalue weighted by molar-refractivity contribution is 0.539. The molecule has 0 fully saturated rings. The van der Waals surface area contributed by atoms with Crippen LogP contribution in [0, 0.1) is 5.92 Å². The van der Waals surface area contributed by atoms with E-state index in [0.29, 0.717) is 12.0 Å². The molecule has 0 aliphatic carbocycles. The van der Waals surface area contributed by atoms with E-state index in [9.17, 15) is 8.42 Å². The molecule has 0 aliphatic heterocycles. The van der Waals surface area contributed by atoms with Gasteiger partial charge in [-0.05, 0) is 44.5 Å². The van der Waals surface area contributed by atoms with E-state index in [1.54, 1.807) is 18.2 Å². The van der Waals surface area contributed by atoms with Crippen LogP contribution in [0.1, 0.15) is 27.2 Å². The highest BCUT2D eigenvalue weighted by molar-refractivity contribution is 7.89. The first-order valence-corrected chi connectivity index (χ1v) is 7.63. The van der Waals surface area contributed by atoms with Gasteiger partial charge in [-0.2, -0.15) is 0 Å². The van der Waals surface area contributed by atoms with E-state index in [2.05, 4.69) is 30.8 Å². The van der Waals surface area contributed by atoms with Crippen LogP contribution in [0.5, 0.6) is 0 Å². The summed E-state index contributed by atoms with van der Waals surface area (Å²) in [6.45, 7) is 6.43. The van der Waals surface area contributed by atoms with Crippen LogP contribution in [0.15, 0.2) is 29.2 Å². The van der Waals surface area contributed by atoms with Gasteiger partial charge in [-0.1, -0.05) is 19.9 Å². The molecule has 1 unspecified atom stereocenters. The molecule has 0 bridgehead atoms. The molecule has 0 aliphatic rings. The quantitative estimate of drug-likeness (QED) is 0.834. The number of nitrogens with one attached hydrogen (secondary N) is 2. The summed E-state index contributed by atoms with van der Waals surface area (Å²) < 4.78 is 25.7. The Balaban J connectivity index is 2.83. The fourth-order valence-electron chi connectivity index (χ4n) is 1.92. The van der Waals surface area contributed by atoms with Gasteiger partial charge in [-0.15, -0.1) is 0 Å². The maximum atomic E-state index is 11.7. The molecule has 0 amide bonds. The number of hydrogen-bond donors (Lipinski definition) is 2. The molecule has 4 nitrogen and oxygen atoms in total. The summed E-state index contributed by atoms with van der Waals surface area (Å²) in [4.78, 5) is 0.284. The summed E-state index contributed by atoms with van der Waals surface area (Å²) in [7, 11) is -1.96. The molecule has 1 aromatic carbocycles. The molecular formula is C13H22N2O2S. The van der Waals surface area contributed by atoms with Crippen molar-refractivity contribution in [3.05, 3.63) is 24.3 Å². The molecule has 0 saturated heterocycles. The van der Waals surface area contributed by atoms with Gasteiger partial charge in [0.2, 0.25) is 10.0 Å². The Hall–Kier alpha value is -1.07. The second-order valence-corrected chi connectivity index (χ2v) is 6.80. The van der Waals surface area contributed by atoms with Crippen molar-refractivity contribution < 1.29 is 8.42 Å². The van der Waals surface area contributed by atoms with Crippen molar-refractivity contribution in [1.29, 1.82) is 0 Å². The van der Waals surface area contributed by atoms with E-state index in [1.807, 2.05) is 6.07 Å². The van der Waals surface area contributed by atoms with Crippen LogP contribution in [0.4, 0.5) is 5.69 Å². The van der Waals surface area contributed by atoms with E-state index >= 15 is 0 Å². The molecule has 18 heavy (non-hydrogen) atoms. The summed E-state index contributed by atoms with van der Waals surface area (Å²) >= 11 is 0. The van der Waals surface area contributed by atoms with E-state index < -0.39 is 10.0 Å². The zero-order valence-electron chi connectivity index (χ0n) is 11.4. The van der Waals surface area contributed by atoms with Crippen LogP contribution in [-0.4, -0.2) is 21.5 Å². The largest absolute Gasteiger partial charge is 0.383 e. The van der Waals surface area contributed by atoms with Crippen molar-refractivity contribution >= 4 is 15.7 Å². The van der Waals surface area contributed by atoms with Gasteiger partial charge in [0.1, 0.15) is 0 Å². The van der Waals surface area contributed by atoms with Gasteiger partial charge in [0.15, 0.2) is 0 Å². The minimum Gasteiger partial charge on any atom is -0.383 e. The Morgan fingerprint density at radius 1 is 1.22 bits per heavy atom. The van der Waals surface area contributed by atoms with Crippen LogP contribution in [0.2, 0.25) is 0 Å². The van der Waals surface area contributed by atoms with Gasteiger partial charge in [0.25, 0.3) is 0 Å². The normalized spacial score (nSPS) is 13.6. The van der Waals surface area contributed by atoms with E-state index in [-0.39, 0.29) is 4.90 Å². The van der Waals surface area contributed by atoms with Crippen molar-refractivity contribution in [1.82, 2.24) is 4.72 Å². The Labute approximate surface area is 110 Å². The predicted molar refractivity (Wildman–Crippen MR) is 75.2 cm³/mol. The Morgan fingerprint density at radius 3 is 2.44 bits per heavy atom. The summed E-state index contributed by atoms with van der Waals surface area (Å²) in [6, 6.07) is 7.19. The number of benzene rings is 1. The topological polar surface area (TPSA) is 58.2 Å². The minimum absolute atomic E-state index is 0.284. The maximum absolute atomic E-state index is 11.7. The zero-order valence-corrected chi connectivity index (χ0v) is 12.2. The van der Waals surface area contributed by atoms with Crippen molar-refractivity contribution in [3.63, 3.8) is 0 Å². The number of sulfonamides is 1. The summed E-state index contributed by atoms with van der Waals surface area (Å²) in [6.07, 6.45) is 1.04. The molecule has 0 aromatic heterocycles. The molecule has 0 spiro atoms. The van der Waals surface area contributed by atoms with Crippen molar-refractivity contribution in [2.75, 3.05) is 12.4 Å². The fourth-order valence-corrected chi connectivity index (χ4v) is 2.70. The monoisotopic (exact) mass is 270 g/mol. The Bertz CT molecular complexity index is 484. The smallest absolute Gasteiger partial charge is 0.240 e. The first kappa shape index (κ1) is 15.0. The molecule has 1 rings (SSSR count). The first-order valence-electron chi connectivity index (χ1n) is 6.15. The van der Waals surface area contributed by atoms with E-state index in [4.69, 9.17) is 0 Å². The number of anilines is 1. The van der Waals surface area contributed by atoms with E-state index in [0.717, 1.165) is 12.1 Å². The second-order valence-electron chi connectivity index (χ2n) is 4.91. The molecule has 102 valence electrons. The highest BCUT2D eigenvalue weighted by Crippen LogP contribution is 2.17. The van der Waals surface area contributed by atoms with Gasteiger partial charge in [0, 0.05) is 11.7 Å². The second kappa shape index (κ2) is 6.20. The average Bonchev–Trinajstić information content (AvgIpc) is 2.28. The first-order chi connectivity index (χ1) is 8.35. The molecule has 1 aromatic rings. The van der Waals surface area contributed by atoms with Crippen LogP contribution in [0.25, 0.3) is 0 Å². The standard InChI is InChI=1S/C13H22N2O2S/c1-10(2)8-11(3)15-12-6-5-7-13(9-12)18(16,17)14-4/h5-7,9-11,14-15H,8H2,1-4H3. The van der Waals surface area contributed by atoms with Crippen LogP contribution in [-0.2, 0) is 10.0 Å². The van der Waals surface area contributed by atoms with Gasteiger partial charge in [-0.3, -0.25) is 0 Å². The third-order valence-electron chi connectivity index (χ3n) is 2.65. The lowest BCUT2D eigenvalue weighted by Crippen LogP contribution is -2.20. The molecule has 2 N–H and O–H groups in total. The average molecular weight is 270 g/mol. The molecule has 0 heterocycles. The van der Waals surface area contributed by atoms with Crippen molar-refractivity contribution in [2.24, 2.45) is 5.92 Å². The van der Waals surface area contributed by atoms with Crippen LogP contribution >= 0.6 is 0 Å². The Morgan fingerprint density at radius 2 is 1.89 bits per heavy atom. The fraction of sp³-hybridized carbons (Fsp3) is 0.538. The maximum Gasteiger partial charge on any atom is 0.240 e. The third kappa shape index (κ3) is 4.31. The predicted octanol–water partition coefficient (Wildman–Crippen LogP) is 2.44. The van der Waals surface area contributed by atoms with Gasteiger partial charge >= 0.3 is 0 Å². The van der Waals surface area contributed by atoms with Gasteiger partial charge < -0.3 is 5.32 Å². The van der Waals surface area contributed by atoms with Crippen molar-refractivity contribution in [3.8, 4) is 0 Å². The van der Waals surface area contributed by atoms with Gasteiger partial charge in [-0.25, -0.2) is 13.1 Å². The Kier molecular flexibility index (Phi) is 5.16. The molecule has 0 saturated carbocycles. The molecule has 0 radical (unpaired) electrons. The van der Waals surface area contributed by atoms with E-state index in [1.165, 1.54) is 7.05 Å². The highest BCUT2D eigenvalue weighted by Gasteiger charge is 2.12. The number of rotatable bonds is 6. The summed E-state index contributed by atoms with van der Waals surface area (Å²) in [5.41, 5.74) is 0.833. The summed E-state index contributed by atoms with van der Waals surface area (Å²) in [5, 5.41) is 3.32. The lowest BCUT2D eigenvalue weighted by Gasteiger charge is -2.17. The summed E-state index contributed by atoms with van der Waals surface area (Å²) in [5.74, 6) is 0.608. The highest BCUT2D eigenvalue weighted by atomic mass is 32.2. The lowest BCUT2D eigenvalue weighted by atomic mass is 10.1.